The molecule has 0 radical (unpaired) electrons. The molecule has 0 aliphatic carbocycles. The zero-order valence-corrected chi connectivity index (χ0v) is 35.4. The first-order chi connectivity index (χ1) is 27.6. The lowest BCUT2D eigenvalue weighted by Crippen LogP contribution is -2.51. The summed E-state index contributed by atoms with van der Waals surface area (Å²) >= 11 is 0. The van der Waals surface area contributed by atoms with Gasteiger partial charge in [0.25, 0.3) is 0 Å². The van der Waals surface area contributed by atoms with E-state index < -0.39 is 24.2 Å². The first kappa shape index (κ1) is 54.2. The maximum atomic E-state index is 13.6. The zero-order chi connectivity index (χ0) is 43.5. The van der Waals surface area contributed by atoms with Crippen LogP contribution in [0.5, 0.6) is 0 Å². The summed E-state index contributed by atoms with van der Waals surface area (Å²) in [7, 11) is -4.00. The van der Waals surface area contributed by atoms with Gasteiger partial charge in [0.2, 0.25) is 23.6 Å². The monoisotopic (exact) mass is 840 g/mol. The summed E-state index contributed by atoms with van der Waals surface area (Å²) in [6.07, 6.45) is 15.3. The van der Waals surface area contributed by atoms with Crippen LogP contribution in [-0.2, 0) is 56.7 Å². The first-order valence-corrected chi connectivity index (χ1v) is 20.8. The first-order valence-electron chi connectivity index (χ1n) is 19.2. The Kier molecular flexibility index (Phi) is 30.9. The molecular weight excluding hydrogens is 775 g/mol. The minimum Gasteiger partial charge on any atom is -0.377 e. The molecule has 0 aliphatic heterocycles. The summed E-state index contributed by atoms with van der Waals surface area (Å²) in [6, 6.07) is 0. The maximum absolute atomic E-state index is 13.6. The standard InChI is InChI=1S/C40H65N4O13P/c1-8-21-51-28-31-54-25-18-41-35(45)11-15-40(16-12-36(46)42-19-26-55-32-29-52-22-9-2,17-13-37(47)43-20-27-56-33-30-53-23-10-3)44-38(48)34(4)14-24-57-58(49,50)39(5,6)7/h1-3H,4,11-33H2,5-7H3,(H,41,45)(H,42,46)(H,43,47)(H,44,48)(H,49,50). The molecule has 4 amide bonds. The number of nitrogens with one attached hydrogen (secondary N) is 4. The molecule has 0 aliphatic rings. The quantitative estimate of drug-likeness (QED) is 0.0262. The van der Waals surface area contributed by atoms with E-state index in [1.54, 1.807) is 20.8 Å². The Morgan fingerprint density at radius 3 is 1.26 bits per heavy atom. The molecule has 18 heteroatoms. The minimum atomic E-state index is -4.00. The molecule has 5 N–H and O–H groups in total. The lowest BCUT2D eigenvalue weighted by atomic mass is 9.82. The third kappa shape index (κ3) is 28.6. The van der Waals surface area contributed by atoms with Crippen LogP contribution in [-0.4, -0.2) is 145 Å². The Morgan fingerprint density at radius 2 is 0.931 bits per heavy atom. The molecule has 0 heterocycles. The predicted octanol–water partition coefficient (Wildman–Crippen LogP) is 1.48. The molecule has 58 heavy (non-hydrogen) atoms. The van der Waals surface area contributed by atoms with Gasteiger partial charge in [-0.15, -0.1) is 19.3 Å². The number of terminal acetylenes is 3. The summed E-state index contributed by atoms with van der Waals surface area (Å²) < 4.78 is 49.6. The van der Waals surface area contributed by atoms with E-state index >= 15 is 0 Å². The van der Waals surface area contributed by atoms with Gasteiger partial charge in [-0.25, -0.2) is 0 Å². The fourth-order valence-electron chi connectivity index (χ4n) is 4.66. The van der Waals surface area contributed by atoms with Gasteiger partial charge in [0.15, 0.2) is 0 Å². The van der Waals surface area contributed by atoms with Crippen molar-refractivity contribution in [3.8, 4) is 37.0 Å². The van der Waals surface area contributed by atoms with Crippen molar-refractivity contribution >= 4 is 31.2 Å². The van der Waals surface area contributed by atoms with E-state index in [4.69, 9.17) is 52.2 Å². The van der Waals surface area contributed by atoms with Gasteiger partial charge in [0.1, 0.15) is 19.8 Å². The van der Waals surface area contributed by atoms with E-state index in [9.17, 15) is 28.6 Å². The average Bonchev–Trinajstić information content (AvgIpc) is 3.17. The van der Waals surface area contributed by atoms with Gasteiger partial charge in [-0.05, 0) is 40.0 Å². The number of hydrogen-bond acceptors (Lipinski definition) is 12. The lowest BCUT2D eigenvalue weighted by molar-refractivity contribution is -0.125. The van der Waals surface area contributed by atoms with Crippen molar-refractivity contribution in [3.63, 3.8) is 0 Å². The largest absolute Gasteiger partial charge is 0.377 e. The van der Waals surface area contributed by atoms with Crippen LogP contribution in [0.1, 0.15) is 65.7 Å². The molecule has 0 saturated heterocycles. The Hall–Kier alpha value is -3.79. The van der Waals surface area contributed by atoms with E-state index in [1.807, 2.05) is 0 Å². The van der Waals surface area contributed by atoms with Crippen molar-refractivity contribution in [1.29, 1.82) is 0 Å². The molecule has 0 spiro atoms. The molecular formula is C40H65N4O13P. The molecule has 328 valence electrons. The molecule has 0 aromatic rings. The number of rotatable bonds is 36. The second kappa shape index (κ2) is 33.1. The molecule has 0 saturated carbocycles. The molecule has 0 bridgehead atoms. The number of amides is 4. The smallest absolute Gasteiger partial charge is 0.333 e. The molecule has 0 aromatic heterocycles. The molecule has 17 nitrogen and oxygen atoms in total. The van der Waals surface area contributed by atoms with Gasteiger partial charge < -0.3 is 59.1 Å². The van der Waals surface area contributed by atoms with E-state index in [1.165, 1.54) is 0 Å². The predicted molar refractivity (Wildman–Crippen MR) is 218 cm³/mol. The SMILES string of the molecule is C#CCOCCOCCNC(=O)CCC(CCC(=O)NCCOCCOCC#C)(CCC(=O)NCCOCCOCC#C)NC(=O)C(=C)CCOP(=O)(O)C(C)(C)C. The second-order valence-electron chi connectivity index (χ2n) is 13.8. The summed E-state index contributed by atoms with van der Waals surface area (Å²) in [5, 5.41) is 10.2. The second-order valence-corrected chi connectivity index (χ2v) is 16.4. The fourth-order valence-corrected chi connectivity index (χ4v) is 5.38. The van der Waals surface area contributed by atoms with Gasteiger partial charge in [-0.1, -0.05) is 24.3 Å². The maximum Gasteiger partial charge on any atom is 0.333 e. The van der Waals surface area contributed by atoms with E-state index in [-0.39, 0.29) is 154 Å². The normalized spacial score (nSPS) is 12.3. The number of carbonyl (C=O) groups is 4. The van der Waals surface area contributed by atoms with Gasteiger partial charge in [-0.3, -0.25) is 23.7 Å². The highest BCUT2D eigenvalue weighted by Gasteiger charge is 2.37. The summed E-state index contributed by atoms with van der Waals surface area (Å²) in [4.78, 5) is 63.0. The Bertz CT molecular complexity index is 1290. The van der Waals surface area contributed by atoms with Crippen molar-refractivity contribution < 1.29 is 61.6 Å². The van der Waals surface area contributed by atoms with Gasteiger partial charge in [-0.2, -0.15) is 0 Å². The van der Waals surface area contributed by atoms with Crippen LogP contribution in [0.15, 0.2) is 12.2 Å². The third-order valence-corrected chi connectivity index (χ3v) is 10.3. The summed E-state index contributed by atoms with van der Waals surface area (Å²) in [6.45, 7) is 11.8. The molecule has 1 unspecified atom stereocenters. The highest BCUT2D eigenvalue weighted by Crippen LogP contribution is 2.54. The molecule has 0 rings (SSSR count). The van der Waals surface area contributed by atoms with Crippen LogP contribution >= 0.6 is 7.60 Å². The third-order valence-electron chi connectivity index (χ3n) is 8.09. The van der Waals surface area contributed by atoms with Crippen LogP contribution in [0, 0.1) is 37.0 Å². The van der Waals surface area contributed by atoms with Crippen LogP contribution in [0.25, 0.3) is 0 Å². The number of ether oxygens (including phenoxy) is 6. The van der Waals surface area contributed by atoms with Crippen LogP contribution in [0.3, 0.4) is 0 Å². The van der Waals surface area contributed by atoms with Crippen molar-refractivity contribution in [2.24, 2.45) is 0 Å². The Balaban J connectivity index is 5.84. The van der Waals surface area contributed by atoms with Crippen LogP contribution in [0.2, 0.25) is 0 Å². The molecule has 0 aromatic carbocycles. The van der Waals surface area contributed by atoms with Crippen LogP contribution < -0.4 is 21.3 Å². The fraction of sp³-hybridized carbons (Fsp3) is 0.700. The number of hydrogen-bond donors (Lipinski definition) is 5. The van der Waals surface area contributed by atoms with Gasteiger partial charge >= 0.3 is 7.60 Å². The van der Waals surface area contributed by atoms with E-state index in [2.05, 4.69) is 45.6 Å². The topological polar surface area (TPSA) is 218 Å². The Labute approximate surface area is 344 Å². The van der Waals surface area contributed by atoms with E-state index in [0.29, 0.717) is 19.8 Å². The summed E-state index contributed by atoms with van der Waals surface area (Å²) in [5.41, 5.74) is -1.21. The molecule has 0 fully saturated rings. The highest BCUT2D eigenvalue weighted by molar-refractivity contribution is 7.54. The van der Waals surface area contributed by atoms with Crippen molar-refractivity contribution in [1.82, 2.24) is 21.3 Å². The molecule has 1 atom stereocenters. The van der Waals surface area contributed by atoms with Gasteiger partial charge in [0.05, 0.1) is 71.2 Å². The lowest BCUT2D eigenvalue weighted by Gasteiger charge is -2.35. The van der Waals surface area contributed by atoms with E-state index in [0.717, 1.165) is 0 Å². The van der Waals surface area contributed by atoms with Crippen LogP contribution in [0.4, 0.5) is 0 Å². The van der Waals surface area contributed by atoms with Crippen molar-refractivity contribution in [2.75, 3.05) is 106 Å². The van der Waals surface area contributed by atoms with Gasteiger partial charge in [0, 0.05) is 56.4 Å². The Morgan fingerprint density at radius 1 is 0.586 bits per heavy atom. The van der Waals surface area contributed by atoms with Crippen molar-refractivity contribution in [2.45, 2.75) is 76.4 Å². The minimum absolute atomic E-state index is 0.0340. The summed E-state index contributed by atoms with van der Waals surface area (Å²) in [5.74, 6) is 5.40. The average molecular weight is 841 g/mol. The zero-order valence-electron chi connectivity index (χ0n) is 34.5. The number of carbonyl (C=O) groups excluding carboxylic acids is 4. The highest BCUT2D eigenvalue weighted by atomic mass is 31.2. The van der Waals surface area contributed by atoms with Crippen molar-refractivity contribution in [3.05, 3.63) is 12.2 Å².